The second-order valence-corrected chi connectivity index (χ2v) is 4.95. The molecule has 3 nitrogen and oxygen atoms in total. The number of aromatic hydroxyl groups is 2. The first kappa shape index (κ1) is 11.4. The molecule has 3 heteroatoms. The first-order valence-corrected chi connectivity index (χ1v) is 6.41. The van der Waals surface area contributed by atoms with Crippen molar-refractivity contribution in [1.29, 1.82) is 0 Å². The molecule has 0 saturated carbocycles. The molecule has 1 fully saturated rings. The fraction of sp³-hybridized carbons (Fsp3) is 0.333. The van der Waals surface area contributed by atoms with E-state index in [0.717, 1.165) is 42.3 Å². The Labute approximate surface area is 106 Å². The van der Waals surface area contributed by atoms with Crippen LogP contribution in [-0.4, -0.2) is 23.3 Å². The van der Waals surface area contributed by atoms with Gasteiger partial charge < -0.3 is 15.5 Å². The predicted molar refractivity (Wildman–Crippen MR) is 72.1 cm³/mol. The van der Waals surface area contributed by atoms with Gasteiger partial charge in [0.15, 0.2) is 0 Å². The maximum absolute atomic E-state index is 10.1. The van der Waals surface area contributed by atoms with Crippen molar-refractivity contribution in [1.82, 2.24) is 5.32 Å². The van der Waals surface area contributed by atoms with E-state index in [4.69, 9.17) is 0 Å². The van der Waals surface area contributed by atoms with Crippen LogP contribution in [0.1, 0.15) is 24.3 Å². The number of rotatable bonds is 1. The highest BCUT2D eigenvalue weighted by Crippen LogP contribution is 2.37. The fourth-order valence-electron chi connectivity index (χ4n) is 2.85. The van der Waals surface area contributed by atoms with Gasteiger partial charge in [0.05, 0.1) is 0 Å². The second kappa shape index (κ2) is 4.50. The lowest BCUT2D eigenvalue weighted by Gasteiger charge is -2.25. The van der Waals surface area contributed by atoms with Crippen LogP contribution in [0.3, 0.4) is 0 Å². The number of nitrogens with one attached hydrogen (secondary N) is 1. The van der Waals surface area contributed by atoms with Crippen molar-refractivity contribution in [2.24, 2.45) is 0 Å². The van der Waals surface area contributed by atoms with Crippen molar-refractivity contribution < 1.29 is 10.2 Å². The van der Waals surface area contributed by atoms with Gasteiger partial charge in [0.25, 0.3) is 0 Å². The van der Waals surface area contributed by atoms with Gasteiger partial charge in [0.1, 0.15) is 11.5 Å². The zero-order valence-corrected chi connectivity index (χ0v) is 10.2. The summed E-state index contributed by atoms with van der Waals surface area (Å²) in [6.07, 6.45) is 2.20. The van der Waals surface area contributed by atoms with Crippen LogP contribution < -0.4 is 5.32 Å². The lowest BCUT2D eigenvalue weighted by Crippen LogP contribution is -2.28. The average Bonchev–Trinajstić information content (AvgIpc) is 2.39. The van der Waals surface area contributed by atoms with E-state index < -0.39 is 0 Å². The molecule has 1 heterocycles. The number of piperidine rings is 1. The molecule has 3 N–H and O–H groups in total. The van der Waals surface area contributed by atoms with Crippen molar-refractivity contribution in [2.45, 2.75) is 18.8 Å². The normalized spacial score (nSPS) is 20.1. The molecule has 0 aromatic heterocycles. The quantitative estimate of drug-likeness (QED) is 0.722. The first-order chi connectivity index (χ1) is 8.75. The summed E-state index contributed by atoms with van der Waals surface area (Å²) in [5, 5.41) is 25.2. The van der Waals surface area contributed by atoms with E-state index in [0.29, 0.717) is 11.7 Å². The Morgan fingerprint density at radius 2 is 1.94 bits per heavy atom. The minimum absolute atomic E-state index is 0.248. The minimum atomic E-state index is 0.248. The Kier molecular flexibility index (Phi) is 2.84. The Morgan fingerprint density at radius 3 is 2.72 bits per heavy atom. The van der Waals surface area contributed by atoms with E-state index in [1.165, 1.54) is 0 Å². The van der Waals surface area contributed by atoms with E-state index >= 15 is 0 Å². The lowest BCUT2D eigenvalue weighted by atomic mass is 9.87. The molecule has 3 rings (SSSR count). The molecule has 2 aromatic rings. The average molecular weight is 243 g/mol. The summed E-state index contributed by atoms with van der Waals surface area (Å²) < 4.78 is 0. The number of hydrogen-bond donors (Lipinski definition) is 3. The maximum atomic E-state index is 10.1. The summed E-state index contributed by atoms with van der Waals surface area (Å²) in [6.45, 7) is 1.94. The Morgan fingerprint density at radius 1 is 1.11 bits per heavy atom. The third-order valence-electron chi connectivity index (χ3n) is 3.73. The highest BCUT2D eigenvalue weighted by molar-refractivity contribution is 5.89. The van der Waals surface area contributed by atoms with Crippen molar-refractivity contribution in [3.05, 3.63) is 35.9 Å². The third kappa shape index (κ3) is 1.91. The van der Waals surface area contributed by atoms with Gasteiger partial charge in [0, 0.05) is 18.0 Å². The molecular weight excluding hydrogens is 226 g/mol. The Hall–Kier alpha value is -1.74. The number of benzene rings is 2. The smallest absolute Gasteiger partial charge is 0.119 e. The van der Waals surface area contributed by atoms with Crippen LogP contribution in [0.2, 0.25) is 0 Å². The summed E-state index contributed by atoms with van der Waals surface area (Å²) >= 11 is 0. The molecule has 1 aliphatic heterocycles. The van der Waals surface area contributed by atoms with Gasteiger partial charge in [-0.2, -0.15) is 0 Å². The molecule has 0 aliphatic carbocycles. The van der Waals surface area contributed by atoms with E-state index in [1.54, 1.807) is 18.2 Å². The maximum Gasteiger partial charge on any atom is 0.119 e. The monoisotopic (exact) mass is 243 g/mol. The number of phenols is 2. The summed E-state index contributed by atoms with van der Waals surface area (Å²) in [5.41, 5.74) is 0.968. The largest absolute Gasteiger partial charge is 0.508 e. The summed E-state index contributed by atoms with van der Waals surface area (Å²) in [5.74, 6) is 0.907. The van der Waals surface area contributed by atoms with Crippen molar-refractivity contribution in [2.75, 3.05) is 13.1 Å². The zero-order valence-electron chi connectivity index (χ0n) is 10.2. The molecule has 0 spiro atoms. The molecule has 1 atom stereocenters. The van der Waals surface area contributed by atoms with Gasteiger partial charge in [-0.15, -0.1) is 0 Å². The molecule has 0 amide bonds. The van der Waals surface area contributed by atoms with Crippen LogP contribution in [0.15, 0.2) is 30.3 Å². The highest BCUT2D eigenvalue weighted by Gasteiger charge is 2.20. The topological polar surface area (TPSA) is 52.5 Å². The number of fused-ring (bicyclic) bond motifs is 1. The van der Waals surface area contributed by atoms with Crippen LogP contribution in [0.4, 0.5) is 0 Å². The van der Waals surface area contributed by atoms with Gasteiger partial charge in [-0.3, -0.25) is 0 Å². The number of hydrogen-bond acceptors (Lipinski definition) is 3. The summed E-state index contributed by atoms with van der Waals surface area (Å²) in [7, 11) is 0. The van der Waals surface area contributed by atoms with E-state index in [9.17, 15) is 10.2 Å². The van der Waals surface area contributed by atoms with Gasteiger partial charge in [-0.1, -0.05) is 12.1 Å². The van der Waals surface area contributed by atoms with Gasteiger partial charge in [0.2, 0.25) is 0 Å². The van der Waals surface area contributed by atoms with Crippen LogP contribution in [0.5, 0.6) is 11.5 Å². The van der Waals surface area contributed by atoms with Crippen LogP contribution in [-0.2, 0) is 0 Å². The van der Waals surface area contributed by atoms with Gasteiger partial charge in [-0.25, -0.2) is 0 Å². The highest BCUT2D eigenvalue weighted by atomic mass is 16.3. The second-order valence-electron chi connectivity index (χ2n) is 4.95. The van der Waals surface area contributed by atoms with Gasteiger partial charge >= 0.3 is 0 Å². The molecule has 0 radical (unpaired) electrons. The minimum Gasteiger partial charge on any atom is -0.508 e. The molecule has 94 valence electrons. The van der Waals surface area contributed by atoms with Gasteiger partial charge in [-0.05, 0) is 48.4 Å². The van der Waals surface area contributed by atoms with Crippen LogP contribution in [0, 0.1) is 0 Å². The SMILES string of the molecule is Oc1ccc2ccc(O)c(C3CCCNC3)c2c1. The Balaban J connectivity index is 2.18. The third-order valence-corrected chi connectivity index (χ3v) is 3.73. The van der Waals surface area contributed by atoms with Crippen molar-refractivity contribution >= 4 is 10.8 Å². The molecule has 0 bridgehead atoms. The summed E-state index contributed by atoms with van der Waals surface area (Å²) in [4.78, 5) is 0. The zero-order chi connectivity index (χ0) is 12.5. The van der Waals surface area contributed by atoms with E-state index in [2.05, 4.69) is 5.32 Å². The molecule has 1 unspecified atom stereocenters. The predicted octanol–water partition coefficient (Wildman–Crippen LogP) is 2.72. The van der Waals surface area contributed by atoms with Crippen molar-refractivity contribution in [3.63, 3.8) is 0 Å². The lowest BCUT2D eigenvalue weighted by molar-refractivity contribution is 0.428. The Bertz CT molecular complexity index is 569. The molecule has 2 aromatic carbocycles. The molecular formula is C15H17NO2. The van der Waals surface area contributed by atoms with Crippen molar-refractivity contribution in [3.8, 4) is 11.5 Å². The summed E-state index contributed by atoms with van der Waals surface area (Å²) in [6, 6.07) is 8.97. The van der Waals surface area contributed by atoms with Crippen LogP contribution >= 0.6 is 0 Å². The number of phenolic OH excluding ortho intramolecular Hbond substituents is 2. The fourth-order valence-corrected chi connectivity index (χ4v) is 2.85. The standard InChI is InChI=1S/C15H17NO2/c17-12-5-3-10-4-6-14(18)15(13(10)8-12)11-2-1-7-16-9-11/h3-6,8,11,16-18H,1-2,7,9H2. The molecule has 1 aliphatic rings. The molecule has 1 saturated heterocycles. The van der Waals surface area contributed by atoms with Crippen LogP contribution in [0.25, 0.3) is 10.8 Å². The first-order valence-electron chi connectivity index (χ1n) is 6.41. The molecule has 18 heavy (non-hydrogen) atoms. The van der Waals surface area contributed by atoms with E-state index in [1.807, 2.05) is 12.1 Å². The van der Waals surface area contributed by atoms with E-state index in [-0.39, 0.29) is 5.75 Å².